The lowest BCUT2D eigenvalue weighted by atomic mass is 9.92. The average Bonchev–Trinajstić information content (AvgIpc) is 2.89. The fourth-order valence-electron chi connectivity index (χ4n) is 4.45. The molecule has 0 unspecified atom stereocenters. The van der Waals surface area contributed by atoms with E-state index in [1.807, 2.05) is 36.4 Å². The van der Waals surface area contributed by atoms with Crippen molar-refractivity contribution in [3.63, 3.8) is 0 Å². The lowest BCUT2D eigenvalue weighted by molar-refractivity contribution is 0.452. The van der Waals surface area contributed by atoms with Gasteiger partial charge in [0.1, 0.15) is 0 Å². The molecule has 3 aromatic rings. The number of aliphatic imine (C=N–C) groups is 1. The topological polar surface area (TPSA) is 105 Å². The normalized spacial score (nSPS) is 16.4. The Bertz CT molecular complexity index is 1420. The summed E-state index contributed by atoms with van der Waals surface area (Å²) in [6, 6.07) is 15.8. The van der Waals surface area contributed by atoms with E-state index in [0.29, 0.717) is 22.8 Å². The lowest BCUT2D eigenvalue weighted by Crippen LogP contribution is -2.43. The van der Waals surface area contributed by atoms with E-state index in [2.05, 4.69) is 38.4 Å². The Hall–Kier alpha value is -4.15. The van der Waals surface area contributed by atoms with Crippen LogP contribution in [0.1, 0.15) is 24.0 Å². The number of benzene rings is 2. The Morgan fingerprint density at radius 2 is 1.82 bits per heavy atom. The van der Waals surface area contributed by atoms with Gasteiger partial charge < -0.3 is 15.3 Å². The Morgan fingerprint density at radius 3 is 2.53 bits per heavy atom. The molecule has 0 bridgehead atoms. The van der Waals surface area contributed by atoms with Gasteiger partial charge >= 0.3 is 0 Å². The van der Waals surface area contributed by atoms with Crippen molar-refractivity contribution in [2.45, 2.75) is 12.8 Å². The van der Waals surface area contributed by atoms with Crippen molar-refractivity contribution < 1.29 is 5.11 Å². The van der Waals surface area contributed by atoms with Gasteiger partial charge in [0, 0.05) is 54.4 Å². The molecule has 7 heteroatoms. The van der Waals surface area contributed by atoms with Crippen LogP contribution in [0.25, 0.3) is 16.3 Å². The number of fused-ring (bicyclic) bond motifs is 1. The average molecular weight is 452 g/mol. The molecule has 7 nitrogen and oxygen atoms in total. The quantitative estimate of drug-likeness (QED) is 0.520. The molecule has 2 aliphatic rings. The molecule has 1 aromatic heterocycles. The first kappa shape index (κ1) is 21.7. The van der Waals surface area contributed by atoms with Gasteiger partial charge in [-0.2, -0.15) is 5.26 Å². The second-order valence-corrected chi connectivity index (χ2v) is 8.48. The molecule has 0 saturated carbocycles. The van der Waals surface area contributed by atoms with E-state index in [-0.39, 0.29) is 11.4 Å². The maximum atomic E-state index is 12.5. The summed E-state index contributed by atoms with van der Waals surface area (Å²) in [5.41, 5.74) is 4.85. The highest BCUT2D eigenvalue weighted by Gasteiger charge is 2.14. The van der Waals surface area contributed by atoms with Gasteiger partial charge in [0.15, 0.2) is 0 Å². The van der Waals surface area contributed by atoms with E-state index in [4.69, 9.17) is 5.26 Å². The molecule has 0 radical (unpaired) electrons. The molecular formula is C27H25N5O2. The predicted octanol–water partition coefficient (Wildman–Crippen LogP) is 4.02. The summed E-state index contributed by atoms with van der Waals surface area (Å²) in [6.45, 7) is 3.92. The number of aromatic hydroxyl groups is 1. The number of anilines is 1. The van der Waals surface area contributed by atoms with E-state index >= 15 is 0 Å². The molecule has 1 saturated heterocycles. The van der Waals surface area contributed by atoms with Gasteiger partial charge in [-0.3, -0.25) is 14.8 Å². The zero-order valence-electron chi connectivity index (χ0n) is 18.7. The van der Waals surface area contributed by atoms with Gasteiger partial charge in [0.2, 0.25) is 5.88 Å². The monoisotopic (exact) mass is 451 g/mol. The standard InChI is InChI=1S/C27H25N5O2/c28-16-18-1-3-19(4-2-18)20-5-10-23-24(15-20)25(27(34)31-26(23)33)17-30-21-6-8-22(9-7-21)32-13-11-29-12-14-32/h1,3,5-10,15,17,29H,2,4,11-14H2,(H2,31,33,34). The number of H-pyrrole nitrogens is 1. The minimum atomic E-state index is -0.346. The maximum Gasteiger partial charge on any atom is 0.258 e. The van der Waals surface area contributed by atoms with Crippen LogP contribution in [0.5, 0.6) is 5.88 Å². The molecule has 2 heterocycles. The van der Waals surface area contributed by atoms with Crippen LogP contribution >= 0.6 is 0 Å². The Kier molecular flexibility index (Phi) is 5.98. The summed E-state index contributed by atoms with van der Waals surface area (Å²) in [4.78, 5) is 21.9. The number of rotatable bonds is 4. The van der Waals surface area contributed by atoms with Crippen molar-refractivity contribution in [2.75, 3.05) is 31.1 Å². The van der Waals surface area contributed by atoms with E-state index in [1.165, 1.54) is 0 Å². The van der Waals surface area contributed by atoms with Crippen LogP contribution in [-0.2, 0) is 0 Å². The molecule has 0 spiro atoms. The van der Waals surface area contributed by atoms with Crippen LogP contribution in [-0.4, -0.2) is 42.5 Å². The van der Waals surface area contributed by atoms with Crippen LogP contribution in [0.3, 0.4) is 0 Å². The number of pyridine rings is 1. The molecule has 0 amide bonds. The van der Waals surface area contributed by atoms with Crippen LogP contribution < -0.4 is 15.8 Å². The molecule has 5 rings (SSSR count). The first-order valence-corrected chi connectivity index (χ1v) is 11.4. The molecule has 170 valence electrons. The zero-order chi connectivity index (χ0) is 23.5. The highest BCUT2D eigenvalue weighted by atomic mass is 16.3. The molecule has 1 aliphatic heterocycles. The molecule has 34 heavy (non-hydrogen) atoms. The second-order valence-electron chi connectivity index (χ2n) is 8.48. The van der Waals surface area contributed by atoms with Gasteiger partial charge in [-0.25, -0.2) is 0 Å². The number of piperazine rings is 1. The second kappa shape index (κ2) is 9.38. The fraction of sp³-hybridized carbons (Fsp3) is 0.222. The first-order valence-electron chi connectivity index (χ1n) is 11.4. The number of allylic oxidation sites excluding steroid dienone is 4. The minimum absolute atomic E-state index is 0.208. The fourth-order valence-corrected chi connectivity index (χ4v) is 4.45. The molecule has 3 N–H and O–H groups in total. The Morgan fingerprint density at radius 1 is 1.03 bits per heavy atom. The van der Waals surface area contributed by atoms with Crippen molar-refractivity contribution in [1.29, 1.82) is 5.26 Å². The smallest absolute Gasteiger partial charge is 0.258 e. The molecule has 0 atom stereocenters. The van der Waals surface area contributed by atoms with Gasteiger partial charge in [0.25, 0.3) is 5.56 Å². The zero-order valence-corrected chi connectivity index (χ0v) is 18.7. The molecule has 2 aromatic carbocycles. The predicted molar refractivity (Wildman–Crippen MR) is 136 cm³/mol. The summed E-state index contributed by atoms with van der Waals surface area (Å²) >= 11 is 0. The number of nitrogens with one attached hydrogen (secondary N) is 2. The summed E-state index contributed by atoms with van der Waals surface area (Å²) in [6.07, 6.45) is 6.83. The highest BCUT2D eigenvalue weighted by molar-refractivity contribution is 6.03. The van der Waals surface area contributed by atoms with Crippen LogP contribution in [0.4, 0.5) is 11.4 Å². The summed E-state index contributed by atoms with van der Waals surface area (Å²) in [7, 11) is 0. The minimum Gasteiger partial charge on any atom is -0.494 e. The summed E-state index contributed by atoms with van der Waals surface area (Å²) in [5, 5.41) is 24.1. The molecular weight excluding hydrogens is 426 g/mol. The highest BCUT2D eigenvalue weighted by Crippen LogP contribution is 2.30. The van der Waals surface area contributed by atoms with Gasteiger partial charge in [-0.15, -0.1) is 0 Å². The van der Waals surface area contributed by atoms with E-state index < -0.39 is 0 Å². The molecule has 1 fully saturated rings. The van der Waals surface area contributed by atoms with Crippen molar-refractivity contribution in [2.24, 2.45) is 4.99 Å². The van der Waals surface area contributed by atoms with E-state index in [1.54, 1.807) is 12.3 Å². The van der Waals surface area contributed by atoms with Crippen molar-refractivity contribution >= 4 is 33.9 Å². The van der Waals surface area contributed by atoms with Gasteiger partial charge in [-0.05, 0) is 66.5 Å². The molecule has 1 aliphatic carbocycles. The largest absolute Gasteiger partial charge is 0.494 e. The third kappa shape index (κ3) is 4.36. The number of aromatic nitrogens is 1. The van der Waals surface area contributed by atoms with E-state index in [9.17, 15) is 9.90 Å². The SMILES string of the molecule is N#CC1=CC=C(c2ccc3c(=O)[nH]c(O)c(C=Nc4ccc(N5CCNCC5)cc4)c3c2)CC1. The van der Waals surface area contributed by atoms with E-state index in [0.717, 1.165) is 60.7 Å². The summed E-state index contributed by atoms with van der Waals surface area (Å²) < 4.78 is 0. The third-order valence-electron chi connectivity index (χ3n) is 6.38. The first-order chi connectivity index (χ1) is 16.6. The third-order valence-corrected chi connectivity index (χ3v) is 6.38. The van der Waals surface area contributed by atoms with Gasteiger partial charge in [-0.1, -0.05) is 12.1 Å². The van der Waals surface area contributed by atoms with Crippen LogP contribution in [0, 0.1) is 11.3 Å². The number of hydrogen-bond acceptors (Lipinski definition) is 6. The number of nitriles is 1. The van der Waals surface area contributed by atoms with Gasteiger partial charge in [0.05, 0.1) is 17.3 Å². The number of nitrogens with zero attached hydrogens (tertiary/aromatic N) is 3. The van der Waals surface area contributed by atoms with Crippen LogP contribution in [0.2, 0.25) is 0 Å². The van der Waals surface area contributed by atoms with Crippen molar-refractivity contribution in [3.8, 4) is 11.9 Å². The lowest BCUT2D eigenvalue weighted by Gasteiger charge is -2.29. The Labute approximate surface area is 197 Å². The number of hydrogen-bond donors (Lipinski definition) is 3. The van der Waals surface area contributed by atoms with Crippen LogP contribution in [0.15, 0.2) is 70.0 Å². The maximum absolute atomic E-state index is 12.5. The summed E-state index contributed by atoms with van der Waals surface area (Å²) in [5.74, 6) is -0.208. The Balaban J connectivity index is 1.48. The number of aromatic amines is 1. The van der Waals surface area contributed by atoms with Crippen molar-refractivity contribution in [1.82, 2.24) is 10.3 Å². The van der Waals surface area contributed by atoms with Crippen molar-refractivity contribution in [3.05, 3.63) is 81.7 Å².